The third-order valence-corrected chi connectivity index (χ3v) is 2.47. The van der Waals surface area contributed by atoms with Gasteiger partial charge in [0.1, 0.15) is 5.82 Å². The Morgan fingerprint density at radius 3 is 2.81 bits per heavy atom. The predicted octanol–water partition coefficient (Wildman–Crippen LogP) is 1.21. The Hall–Kier alpha value is -1.00. The molecule has 1 aromatic rings. The van der Waals surface area contributed by atoms with Gasteiger partial charge in [0, 0.05) is 18.8 Å². The number of rotatable bonds is 6. The fourth-order valence-corrected chi connectivity index (χ4v) is 1.44. The van der Waals surface area contributed by atoms with E-state index in [1.165, 1.54) is 0 Å². The molecule has 1 atom stereocenters. The first-order valence-corrected chi connectivity index (χ1v) is 5.74. The second kappa shape index (κ2) is 6.55. The first-order valence-electron chi connectivity index (χ1n) is 5.74. The van der Waals surface area contributed by atoms with Gasteiger partial charge in [0.15, 0.2) is 0 Å². The minimum atomic E-state index is 0.512. The van der Waals surface area contributed by atoms with E-state index in [0.29, 0.717) is 6.04 Å². The van der Waals surface area contributed by atoms with E-state index >= 15 is 0 Å². The molecule has 1 aromatic heterocycles. The zero-order chi connectivity index (χ0) is 12.0. The summed E-state index contributed by atoms with van der Waals surface area (Å²) in [5, 5.41) is 3.46. The molecule has 0 spiro atoms. The number of hydrogen-bond donors (Lipinski definition) is 1. The van der Waals surface area contributed by atoms with Gasteiger partial charge in [-0.3, -0.25) is 0 Å². The van der Waals surface area contributed by atoms with Gasteiger partial charge in [0.25, 0.3) is 0 Å². The first-order chi connectivity index (χ1) is 7.58. The van der Waals surface area contributed by atoms with Crippen LogP contribution >= 0.6 is 0 Å². The Balaban J connectivity index is 2.28. The Morgan fingerprint density at radius 1 is 1.44 bits per heavy atom. The number of aromatic nitrogens is 2. The van der Waals surface area contributed by atoms with Crippen LogP contribution in [0.4, 0.5) is 0 Å². The monoisotopic (exact) mass is 222 g/mol. The first kappa shape index (κ1) is 13.1. The summed E-state index contributed by atoms with van der Waals surface area (Å²) in [5.41, 5.74) is 1.06. The van der Waals surface area contributed by atoms with E-state index in [1.54, 1.807) is 0 Å². The van der Waals surface area contributed by atoms with Crippen LogP contribution in [0.2, 0.25) is 0 Å². The zero-order valence-corrected chi connectivity index (χ0v) is 10.7. The maximum Gasteiger partial charge on any atom is 0.125 e. The van der Waals surface area contributed by atoms with Crippen molar-refractivity contribution in [3.05, 3.63) is 23.8 Å². The van der Waals surface area contributed by atoms with Crippen molar-refractivity contribution in [3.63, 3.8) is 0 Å². The summed E-state index contributed by atoms with van der Waals surface area (Å²) >= 11 is 0. The molecule has 1 unspecified atom stereocenters. The molecule has 0 saturated heterocycles. The van der Waals surface area contributed by atoms with Gasteiger partial charge in [-0.1, -0.05) is 0 Å². The van der Waals surface area contributed by atoms with Crippen LogP contribution < -0.4 is 5.32 Å². The molecule has 0 aliphatic rings. The molecule has 0 aliphatic heterocycles. The van der Waals surface area contributed by atoms with E-state index in [-0.39, 0.29) is 0 Å². The van der Waals surface area contributed by atoms with Crippen LogP contribution in [-0.4, -0.2) is 41.5 Å². The average molecular weight is 222 g/mol. The summed E-state index contributed by atoms with van der Waals surface area (Å²) in [6.45, 7) is 6.05. The highest BCUT2D eigenvalue weighted by Crippen LogP contribution is 1.97. The fourth-order valence-electron chi connectivity index (χ4n) is 1.44. The largest absolute Gasteiger partial charge is 0.309 e. The van der Waals surface area contributed by atoms with Crippen LogP contribution in [0, 0.1) is 6.92 Å². The summed E-state index contributed by atoms with van der Waals surface area (Å²) in [7, 11) is 4.20. The van der Waals surface area contributed by atoms with Crippen molar-refractivity contribution < 1.29 is 0 Å². The van der Waals surface area contributed by atoms with Gasteiger partial charge in [-0.15, -0.1) is 0 Å². The zero-order valence-electron chi connectivity index (χ0n) is 10.7. The highest BCUT2D eigenvalue weighted by molar-refractivity contribution is 5.01. The van der Waals surface area contributed by atoms with Crippen LogP contribution in [0.15, 0.2) is 12.3 Å². The minimum Gasteiger partial charge on any atom is -0.309 e. The van der Waals surface area contributed by atoms with Crippen molar-refractivity contribution in [2.24, 2.45) is 0 Å². The third kappa shape index (κ3) is 5.19. The van der Waals surface area contributed by atoms with Crippen molar-refractivity contribution in [3.8, 4) is 0 Å². The highest BCUT2D eigenvalue weighted by Gasteiger charge is 2.03. The molecule has 0 bridgehead atoms. The average Bonchev–Trinajstić information content (AvgIpc) is 2.23. The maximum atomic E-state index is 4.36. The Labute approximate surface area is 98.1 Å². The molecule has 0 fully saturated rings. The quantitative estimate of drug-likeness (QED) is 0.785. The molecule has 0 aliphatic carbocycles. The molecule has 0 aromatic carbocycles. The molecular formula is C12H22N4. The molecule has 0 radical (unpaired) electrons. The van der Waals surface area contributed by atoms with Crippen molar-refractivity contribution in [1.82, 2.24) is 20.2 Å². The summed E-state index contributed by atoms with van der Waals surface area (Å²) in [4.78, 5) is 10.6. The van der Waals surface area contributed by atoms with E-state index in [2.05, 4.69) is 41.2 Å². The molecule has 0 saturated carbocycles. The van der Waals surface area contributed by atoms with E-state index in [1.807, 2.05) is 19.2 Å². The Morgan fingerprint density at radius 2 is 2.19 bits per heavy atom. The summed E-state index contributed by atoms with van der Waals surface area (Å²) < 4.78 is 0. The van der Waals surface area contributed by atoms with Crippen LogP contribution in [-0.2, 0) is 6.54 Å². The second-order valence-electron chi connectivity index (χ2n) is 4.47. The molecule has 4 heteroatoms. The Kier molecular flexibility index (Phi) is 5.35. The van der Waals surface area contributed by atoms with Gasteiger partial charge in [0.2, 0.25) is 0 Å². The lowest BCUT2D eigenvalue weighted by Gasteiger charge is -2.16. The van der Waals surface area contributed by atoms with E-state index < -0.39 is 0 Å². The smallest absolute Gasteiger partial charge is 0.125 e. The minimum absolute atomic E-state index is 0.512. The molecule has 90 valence electrons. The molecule has 1 rings (SSSR count). The lowest BCUT2D eigenvalue weighted by atomic mass is 10.2. The molecular weight excluding hydrogens is 200 g/mol. The van der Waals surface area contributed by atoms with Crippen molar-refractivity contribution in [1.29, 1.82) is 0 Å². The van der Waals surface area contributed by atoms with Gasteiger partial charge in [-0.05, 0) is 47.0 Å². The SMILES string of the molecule is Cc1nccc(CNC(C)CCN(C)C)n1. The van der Waals surface area contributed by atoms with Gasteiger partial charge in [0.05, 0.1) is 5.69 Å². The number of nitrogens with zero attached hydrogens (tertiary/aromatic N) is 3. The topological polar surface area (TPSA) is 41.1 Å². The van der Waals surface area contributed by atoms with E-state index in [9.17, 15) is 0 Å². The number of aryl methyl sites for hydroxylation is 1. The van der Waals surface area contributed by atoms with Gasteiger partial charge >= 0.3 is 0 Å². The summed E-state index contributed by atoms with van der Waals surface area (Å²) in [5.74, 6) is 0.834. The van der Waals surface area contributed by atoms with Gasteiger partial charge in [-0.2, -0.15) is 0 Å². The highest BCUT2D eigenvalue weighted by atomic mass is 15.1. The van der Waals surface area contributed by atoms with Gasteiger partial charge < -0.3 is 10.2 Å². The molecule has 1 N–H and O–H groups in total. The standard InChI is InChI=1S/C12H22N4/c1-10(6-8-16(3)4)14-9-12-5-7-13-11(2)15-12/h5,7,10,14H,6,8-9H2,1-4H3. The fraction of sp³-hybridized carbons (Fsp3) is 0.667. The number of hydrogen-bond acceptors (Lipinski definition) is 4. The molecule has 1 heterocycles. The van der Waals surface area contributed by atoms with E-state index in [4.69, 9.17) is 0 Å². The van der Waals surface area contributed by atoms with Crippen LogP contribution in [0.25, 0.3) is 0 Å². The van der Waals surface area contributed by atoms with Gasteiger partial charge in [-0.25, -0.2) is 9.97 Å². The van der Waals surface area contributed by atoms with E-state index in [0.717, 1.165) is 31.0 Å². The Bertz CT molecular complexity index is 312. The summed E-state index contributed by atoms with van der Waals surface area (Å²) in [6.07, 6.45) is 2.96. The van der Waals surface area contributed by atoms with Crippen molar-refractivity contribution >= 4 is 0 Å². The van der Waals surface area contributed by atoms with Crippen molar-refractivity contribution in [2.45, 2.75) is 32.9 Å². The predicted molar refractivity (Wildman–Crippen MR) is 66.2 cm³/mol. The molecule has 16 heavy (non-hydrogen) atoms. The molecule has 0 amide bonds. The normalized spacial score (nSPS) is 13.1. The lowest BCUT2D eigenvalue weighted by Crippen LogP contribution is -2.29. The van der Waals surface area contributed by atoms with Crippen LogP contribution in [0.1, 0.15) is 24.9 Å². The van der Waals surface area contributed by atoms with Crippen molar-refractivity contribution in [2.75, 3.05) is 20.6 Å². The summed E-state index contributed by atoms with van der Waals surface area (Å²) in [6, 6.07) is 2.47. The second-order valence-corrected chi connectivity index (χ2v) is 4.47. The van der Waals surface area contributed by atoms with Crippen LogP contribution in [0.3, 0.4) is 0 Å². The maximum absolute atomic E-state index is 4.36. The number of nitrogens with one attached hydrogen (secondary N) is 1. The van der Waals surface area contributed by atoms with Crippen LogP contribution in [0.5, 0.6) is 0 Å². The molecule has 4 nitrogen and oxygen atoms in total. The third-order valence-electron chi connectivity index (χ3n) is 2.47. The lowest BCUT2D eigenvalue weighted by molar-refractivity contribution is 0.365.